The summed E-state index contributed by atoms with van der Waals surface area (Å²) in [5, 5.41) is 0. The Morgan fingerprint density at radius 1 is 0.895 bits per heavy atom. The first-order valence-corrected chi connectivity index (χ1v) is 6.35. The van der Waals surface area contributed by atoms with E-state index in [1.165, 1.54) is 0 Å². The molecular formula is C17H18O2. The van der Waals surface area contributed by atoms with Crippen molar-refractivity contribution in [3.8, 4) is 5.75 Å². The number of carbonyl (C=O) groups excluding carboxylic acids is 1. The van der Waals surface area contributed by atoms with Gasteiger partial charge in [-0.05, 0) is 44.0 Å². The molecule has 0 amide bonds. The number of benzene rings is 2. The van der Waals surface area contributed by atoms with Gasteiger partial charge >= 0.3 is 0 Å². The highest BCUT2D eigenvalue weighted by molar-refractivity contribution is 5.97. The summed E-state index contributed by atoms with van der Waals surface area (Å²) in [4.78, 5) is 12.0. The molecule has 2 aromatic carbocycles. The Kier molecular flexibility index (Phi) is 4.00. The molecule has 0 spiro atoms. The first-order chi connectivity index (χ1) is 9.04. The number of carbonyl (C=O) groups is 1. The van der Waals surface area contributed by atoms with Crippen molar-refractivity contribution in [1.29, 1.82) is 0 Å². The van der Waals surface area contributed by atoms with E-state index in [2.05, 4.69) is 6.07 Å². The van der Waals surface area contributed by atoms with Crippen molar-refractivity contribution in [2.24, 2.45) is 0 Å². The summed E-state index contributed by atoms with van der Waals surface area (Å²) in [5.41, 5.74) is 4.11. The van der Waals surface area contributed by atoms with Crippen molar-refractivity contribution in [3.05, 3.63) is 64.7 Å². The van der Waals surface area contributed by atoms with E-state index in [4.69, 9.17) is 4.74 Å². The molecule has 0 N–H and O–H groups in total. The van der Waals surface area contributed by atoms with Gasteiger partial charge in [0.25, 0.3) is 0 Å². The highest BCUT2D eigenvalue weighted by Gasteiger charge is 2.06. The van der Waals surface area contributed by atoms with Gasteiger partial charge in [0.05, 0.1) is 0 Å². The van der Waals surface area contributed by atoms with Crippen LogP contribution in [0.5, 0.6) is 5.75 Å². The number of ketones is 1. The minimum absolute atomic E-state index is 0.000779. The third-order valence-corrected chi connectivity index (χ3v) is 2.94. The largest absolute Gasteiger partial charge is 0.485 e. The van der Waals surface area contributed by atoms with E-state index in [9.17, 15) is 4.79 Å². The van der Waals surface area contributed by atoms with Gasteiger partial charge in [0.1, 0.15) is 5.75 Å². The average molecular weight is 254 g/mol. The van der Waals surface area contributed by atoms with E-state index >= 15 is 0 Å². The van der Waals surface area contributed by atoms with Gasteiger partial charge in [0.15, 0.2) is 12.4 Å². The molecular weight excluding hydrogens is 236 g/mol. The first kappa shape index (κ1) is 13.3. The van der Waals surface area contributed by atoms with Gasteiger partial charge in [-0.2, -0.15) is 0 Å². The quantitative estimate of drug-likeness (QED) is 0.774. The predicted octanol–water partition coefficient (Wildman–Crippen LogP) is 3.87. The van der Waals surface area contributed by atoms with E-state index < -0.39 is 0 Å². The van der Waals surface area contributed by atoms with Gasteiger partial charge in [0, 0.05) is 5.56 Å². The number of Topliss-reactive ketones (excluding diaryl/α,β-unsaturated/α-hetero) is 1. The van der Waals surface area contributed by atoms with Crippen LogP contribution in [0.1, 0.15) is 27.0 Å². The average Bonchev–Trinajstić information content (AvgIpc) is 2.36. The number of ether oxygens (including phenoxy) is 1. The fourth-order valence-electron chi connectivity index (χ4n) is 1.99. The van der Waals surface area contributed by atoms with Crippen LogP contribution in [-0.4, -0.2) is 12.4 Å². The summed E-state index contributed by atoms with van der Waals surface area (Å²) in [6.45, 7) is 6.11. The van der Waals surface area contributed by atoms with Crippen LogP contribution in [0.15, 0.2) is 42.5 Å². The van der Waals surface area contributed by atoms with Gasteiger partial charge in [-0.1, -0.05) is 35.9 Å². The molecule has 2 rings (SSSR count). The van der Waals surface area contributed by atoms with Crippen LogP contribution in [0.2, 0.25) is 0 Å². The van der Waals surface area contributed by atoms with Crippen molar-refractivity contribution in [1.82, 2.24) is 0 Å². The number of aryl methyl sites for hydroxylation is 3. The summed E-state index contributed by atoms with van der Waals surface area (Å²) in [6, 6.07) is 13.5. The third-order valence-electron chi connectivity index (χ3n) is 2.94. The smallest absolute Gasteiger partial charge is 0.200 e. The minimum atomic E-state index is -0.000779. The molecule has 0 aromatic heterocycles. The fraction of sp³-hybridized carbons (Fsp3) is 0.235. The molecule has 0 aliphatic rings. The van der Waals surface area contributed by atoms with Gasteiger partial charge < -0.3 is 4.74 Å². The number of hydrogen-bond donors (Lipinski definition) is 0. The standard InChI is InChI=1S/C17H18O2/c1-12-4-6-15(7-5-12)17(18)11-19-16-9-13(2)8-14(3)10-16/h4-10H,11H2,1-3H3. The second kappa shape index (κ2) is 5.70. The Balaban J connectivity index is 2.02. The molecule has 2 nitrogen and oxygen atoms in total. The van der Waals surface area contributed by atoms with E-state index in [-0.39, 0.29) is 12.4 Å². The van der Waals surface area contributed by atoms with Crippen LogP contribution >= 0.6 is 0 Å². The molecule has 98 valence electrons. The maximum Gasteiger partial charge on any atom is 0.200 e. The maximum atomic E-state index is 12.0. The molecule has 0 saturated heterocycles. The molecule has 0 bridgehead atoms. The van der Waals surface area contributed by atoms with Gasteiger partial charge in [-0.3, -0.25) is 4.79 Å². The maximum absolute atomic E-state index is 12.0. The van der Waals surface area contributed by atoms with Crippen molar-refractivity contribution in [2.75, 3.05) is 6.61 Å². The lowest BCUT2D eigenvalue weighted by Gasteiger charge is -2.08. The number of rotatable bonds is 4. The molecule has 2 heteroatoms. The first-order valence-electron chi connectivity index (χ1n) is 6.35. The van der Waals surface area contributed by atoms with Crippen molar-refractivity contribution in [2.45, 2.75) is 20.8 Å². The van der Waals surface area contributed by atoms with Crippen LogP contribution in [0.3, 0.4) is 0 Å². The van der Waals surface area contributed by atoms with Gasteiger partial charge in [0.2, 0.25) is 0 Å². The zero-order valence-electron chi connectivity index (χ0n) is 11.6. The Bertz CT molecular complexity index is 562. The Hall–Kier alpha value is -2.09. The molecule has 0 aliphatic heterocycles. The summed E-state index contributed by atoms with van der Waals surface area (Å²) < 4.78 is 5.56. The molecule has 0 heterocycles. The molecule has 0 aliphatic carbocycles. The Morgan fingerprint density at radius 3 is 2.05 bits per heavy atom. The van der Waals surface area contributed by atoms with E-state index in [1.807, 2.05) is 57.2 Å². The second-order valence-corrected chi connectivity index (χ2v) is 4.90. The molecule has 0 fully saturated rings. The highest BCUT2D eigenvalue weighted by atomic mass is 16.5. The second-order valence-electron chi connectivity index (χ2n) is 4.90. The lowest BCUT2D eigenvalue weighted by molar-refractivity contribution is 0.0921. The van der Waals surface area contributed by atoms with Crippen LogP contribution in [0, 0.1) is 20.8 Å². The molecule has 2 aromatic rings. The molecule has 0 atom stereocenters. The predicted molar refractivity (Wildman–Crippen MR) is 76.9 cm³/mol. The number of hydrogen-bond acceptors (Lipinski definition) is 2. The SMILES string of the molecule is Cc1ccc(C(=O)COc2cc(C)cc(C)c2)cc1. The fourth-order valence-corrected chi connectivity index (χ4v) is 1.99. The van der Waals surface area contributed by atoms with Crippen LogP contribution in [0.4, 0.5) is 0 Å². The van der Waals surface area contributed by atoms with Gasteiger partial charge in [-0.25, -0.2) is 0 Å². The van der Waals surface area contributed by atoms with Gasteiger partial charge in [-0.15, -0.1) is 0 Å². The lowest BCUT2D eigenvalue weighted by atomic mass is 10.1. The van der Waals surface area contributed by atoms with E-state index in [0.717, 1.165) is 22.4 Å². The van der Waals surface area contributed by atoms with E-state index in [0.29, 0.717) is 5.56 Å². The molecule has 0 unspecified atom stereocenters. The highest BCUT2D eigenvalue weighted by Crippen LogP contribution is 2.16. The molecule has 0 saturated carbocycles. The summed E-state index contributed by atoms with van der Waals surface area (Å²) >= 11 is 0. The van der Waals surface area contributed by atoms with Crippen LogP contribution in [-0.2, 0) is 0 Å². The van der Waals surface area contributed by atoms with Crippen molar-refractivity contribution in [3.63, 3.8) is 0 Å². The Morgan fingerprint density at radius 2 is 1.47 bits per heavy atom. The molecule has 19 heavy (non-hydrogen) atoms. The topological polar surface area (TPSA) is 26.3 Å². The Labute approximate surface area is 114 Å². The molecule has 0 radical (unpaired) electrons. The van der Waals surface area contributed by atoms with Crippen LogP contribution < -0.4 is 4.74 Å². The normalized spacial score (nSPS) is 10.3. The van der Waals surface area contributed by atoms with Crippen molar-refractivity contribution < 1.29 is 9.53 Å². The monoisotopic (exact) mass is 254 g/mol. The van der Waals surface area contributed by atoms with E-state index in [1.54, 1.807) is 0 Å². The zero-order chi connectivity index (χ0) is 13.8. The summed E-state index contributed by atoms with van der Waals surface area (Å²) in [5.74, 6) is 0.747. The summed E-state index contributed by atoms with van der Waals surface area (Å²) in [6.07, 6.45) is 0. The summed E-state index contributed by atoms with van der Waals surface area (Å²) in [7, 11) is 0. The zero-order valence-corrected chi connectivity index (χ0v) is 11.6. The van der Waals surface area contributed by atoms with Crippen molar-refractivity contribution >= 4 is 5.78 Å². The van der Waals surface area contributed by atoms with Crippen LogP contribution in [0.25, 0.3) is 0 Å². The lowest BCUT2D eigenvalue weighted by Crippen LogP contribution is -2.11. The minimum Gasteiger partial charge on any atom is -0.485 e. The third kappa shape index (κ3) is 3.68.